The van der Waals surface area contributed by atoms with Crippen LogP contribution >= 0.6 is 22.9 Å². The molecule has 1 aromatic heterocycles. The van der Waals surface area contributed by atoms with Crippen LogP contribution in [0.2, 0.25) is 5.02 Å². The minimum absolute atomic E-state index is 0.0593. The molecule has 0 aliphatic carbocycles. The van der Waals surface area contributed by atoms with E-state index in [1.54, 1.807) is 27.7 Å². The molecule has 0 unspecified atom stereocenters. The molecule has 10 nitrogen and oxygen atoms in total. The molecule has 0 fully saturated rings. The number of rotatable bonds is 9. The van der Waals surface area contributed by atoms with Gasteiger partial charge in [-0.2, -0.15) is 13.0 Å². The number of hydrogen-bond donors (Lipinski definition) is 2. The van der Waals surface area contributed by atoms with Gasteiger partial charge in [0.1, 0.15) is 4.70 Å². The molecule has 3 aromatic carbocycles. The summed E-state index contributed by atoms with van der Waals surface area (Å²) in [6.45, 7) is 1.48. The van der Waals surface area contributed by atoms with Crippen LogP contribution in [0.1, 0.15) is 11.9 Å². The molecule has 1 aliphatic heterocycles. The van der Waals surface area contributed by atoms with E-state index in [1.165, 1.54) is 11.3 Å². The molecular weight excluding hydrogens is 634 g/mol. The molecule has 1 aliphatic rings. The van der Waals surface area contributed by atoms with Crippen LogP contribution < -0.4 is 18.9 Å². The van der Waals surface area contributed by atoms with Gasteiger partial charge >= 0.3 is 0 Å². The Hall–Kier alpha value is -3.75. The van der Waals surface area contributed by atoms with Gasteiger partial charge in [0.05, 0.1) is 17.7 Å². The number of anilines is 1. The van der Waals surface area contributed by atoms with Gasteiger partial charge in [0, 0.05) is 29.8 Å². The fourth-order valence-corrected chi connectivity index (χ4v) is 6.83. The monoisotopic (exact) mass is 660 g/mol. The van der Waals surface area contributed by atoms with Crippen molar-refractivity contribution in [2.24, 2.45) is 0 Å². The van der Waals surface area contributed by atoms with Gasteiger partial charge in [-0.25, -0.2) is 13.1 Å². The third kappa shape index (κ3) is 7.61. The number of ether oxygens (including phenoxy) is 1. The quantitative estimate of drug-likeness (QED) is 0.196. The summed E-state index contributed by atoms with van der Waals surface area (Å²) in [5.41, 5.74) is 3.88. The first-order valence-electron chi connectivity index (χ1n) is 12.9. The minimum atomic E-state index is -4.26. The SMILES string of the molecule is CC(=Cc1sc2ccc(Cl)cc2[n+]1CC(=O)NS(C)(=O)=O)C=C1Oc2ccc(-c3ccccc3)cc2N1CCS(=O)(=O)O. The first-order valence-corrected chi connectivity index (χ1v) is 17.6. The molecule has 2 heterocycles. The zero-order chi connectivity index (χ0) is 30.9. The Morgan fingerprint density at radius 1 is 1.07 bits per heavy atom. The normalized spacial score (nSPS) is 14.7. The second-order valence-electron chi connectivity index (χ2n) is 9.90. The Morgan fingerprint density at radius 2 is 1.81 bits per heavy atom. The molecule has 1 amide bonds. The maximum Gasteiger partial charge on any atom is 0.299 e. The first kappa shape index (κ1) is 30.7. The van der Waals surface area contributed by atoms with Crippen molar-refractivity contribution >= 4 is 71.0 Å². The lowest BCUT2D eigenvalue weighted by Crippen LogP contribution is -2.45. The van der Waals surface area contributed by atoms with Crippen LogP contribution in [0.3, 0.4) is 0 Å². The number of thiazole rings is 1. The van der Waals surface area contributed by atoms with Gasteiger partial charge in [0.2, 0.25) is 28.0 Å². The first-order chi connectivity index (χ1) is 20.3. The van der Waals surface area contributed by atoms with Crippen LogP contribution in [0.5, 0.6) is 5.75 Å². The molecule has 2 N–H and O–H groups in total. The fourth-order valence-electron chi connectivity index (χ4n) is 4.61. The molecule has 0 radical (unpaired) electrons. The number of fused-ring (bicyclic) bond motifs is 2. The number of halogens is 1. The zero-order valence-electron chi connectivity index (χ0n) is 23.0. The summed E-state index contributed by atoms with van der Waals surface area (Å²) < 4.78 is 66.7. The fraction of sp³-hybridized carbons (Fsp3) is 0.172. The molecule has 4 aromatic rings. The van der Waals surface area contributed by atoms with E-state index in [2.05, 4.69) is 0 Å². The lowest BCUT2D eigenvalue weighted by molar-refractivity contribution is -0.655. The van der Waals surface area contributed by atoms with Gasteiger partial charge in [-0.3, -0.25) is 9.35 Å². The molecule has 43 heavy (non-hydrogen) atoms. The van der Waals surface area contributed by atoms with Crippen molar-refractivity contribution < 1.29 is 35.5 Å². The van der Waals surface area contributed by atoms with Crippen LogP contribution in [0, 0.1) is 0 Å². The zero-order valence-corrected chi connectivity index (χ0v) is 26.2. The molecule has 0 spiro atoms. The minimum Gasteiger partial charge on any atom is -0.439 e. The maximum atomic E-state index is 12.6. The van der Waals surface area contributed by atoms with Crippen LogP contribution in [0.15, 0.2) is 84.3 Å². The number of carbonyl (C=O) groups is 1. The van der Waals surface area contributed by atoms with Crippen LogP contribution in [0.25, 0.3) is 27.4 Å². The molecule has 0 saturated heterocycles. The predicted octanol–water partition coefficient (Wildman–Crippen LogP) is 4.62. The van der Waals surface area contributed by atoms with E-state index < -0.39 is 31.8 Å². The number of carbonyl (C=O) groups excluding carboxylic acids is 1. The van der Waals surface area contributed by atoms with Crippen LogP contribution in [0.4, 0.5) is 5.69 Å². The van der Waals surface area contributed by atoms with Gasteiger partial charge in [0.25, 0.3) is 21.0 Å². The number of allylic oxidation sites excluding steroid dienone is 2. The van der Waals surface area contributed by atoms with Gasteiger partial charge in [-0.15, -0.1) is 0 Å². The van der Waals surface area contributed by atoms with E-state index in [-0.39, 0.29) is 13.1 Å². The maximum absolute atomic E-state index is 12.6. The van der Waals surface area contributed by atoms with Gasteiger partial charge < -0.3 is 9.64 Å². The van der Waals surface area contributed by atoms with Crippen LogP contribution in [-0.4, -0.2) is 45.8 Å². The number of amides is 1. The standard InChI is InChI=1S/C29H26ClN3O7S3/c1-19(15-29-33(18-27(34)31-42(2,35)36)24-17-22(30)9-11-26(24)41-29)14-28-32(12-13-43(37,38)39)23-16-21(8-10-25(23)40-28)20-6-4-3-5-7-20/h3-11,14-17H,12-13,18H2,1-2H3,(H-,31,34,37,38,39)/p+1. The summed E-state index contributed by atoms with van der Waals surface area (Å²) in [6, 6.07) is 20.6. The predicted molar refractivity (Wildman–Crippen MR) is 168 cm³/mol. The van der Waals surface area contributed by atoms with E-state index in [4.69, 9.17) is 16.3 Å². The Kier molecular flexibility index (Phi) is 8.63. The van der Waals surface area contributed by atoms with Crippen molar-refractivity contribution in [2.45, 2.75) is 13.5 Å². The van der Waals surface area contributed by atoms with E-state index in [0.29, 0.717) is 38.4 Å². The summed E-state index contributed by atoms with van der Waals surface area (Å²) in [5, 5.41) is 1.10. The Morgan fingerprint density at radius 3 is 2.51 bits per heavy atom. The lowest BCUT2D eigenvalue weighted by Gasteiger charge is -2.18. The third-order valence-electron chi connectivity index (χ3n) is 6.41. The second kappa shape index (κ2) is 12.1. The summed E-state index contributed by atoms with van der Waals surface area (Å²) >= 11 is 7.60. The number of sulfonamides is 1. The Labute approximate surface area is 258 Å². The summed E-state index contributed by atoms with van der Waals surface area (Å²) in [6.07, 6.45) is 4.44. The highest BCUT2D eigenvalue weighted by Gasteiger charge is 2.29. The van der Waals surface area contributed by atoms with Crippen molar-refractivity contribution in [3.8, 4) is 16.9 Å². The number of nitrogens with zero attached hydrogens (tertiary/aromatic N) is 2. The van der Waals surface area contributed by atoms with Crippen molar-refractivity contribution in [3.63, 3.8) is 0 Å². The molecular formula is C29H27ClN3O7S3+. The molecule has 0 saturated carbocycles. The highest BCUT2D eigenvalue weighted by molar-refractivity contribution is 7.89. The molecule has 0 bridgehead atoms. The van der Waals surface area contributed by atoms with Crippen molar-refractivity contribution in [2.75, 3.05) is 23.5 Å². The summed E-state index contributed by atoms with van der Waals surface area (Å²) in [7, 11) is -8.01. The molecule has 5 rings (SSSR count). The second-order valence-corrected chi connectivity index (χ2v) is 14.7. The Balaban J connectivity index is 1.53. The Bertz CT molecular complexity index is 2010. The van der Waals surface area contributed by atoms with Gasteiger partial charge in [-0.05, 0) is 47.9 Å². The topological polar surface area (TPSA) is 134 Å². The molecule has 0 atom stereocenters. The number of hydrogen-bond acceptors (Lipinski definition) is 8. The molecule has 224 valence electrons. The largest absolute Gasteiger partial charge is 0.439 e. The molecule has 14 heteroatoms. The third-order valence-corrected chi connectivity index (χ3v) is 9.05. The summed E-state index contributed by atoms with van der Waals surface area (Å²) in [5.74, 6) is -0.350. The highest BCUT2D eigenvalue weighted by Crippen LogP contribution is 2.42. The smallest absolute Gasteiger partial charge is 0.299 e. The number of aromatic nitrogens is 1. The van der Waals surface area contributed by atoms with E-state index in [9.17, 15) is 26.2 Å². The number of benzene rings is 3. The van der Waals surface area contributed by atoms with Crippen LogP contribution in [-0.2, 0) is 31.5 Å². The highest BCUT2D eigenvalue weighted by atomic mass is 35.5. The van der Waals surface area contributed by atoms with E-state index in [1.807, 2.05) is 72.3 Å². The summed E-state index contributed by atoms with van der Waals surface area (Å²) in [4.78, 5) is 14.2. The van der Waals surface area contributed by atoms with Gasteiger partial charge in [-0.1, -0.05) is 59.3 Å². The van der Waals surface area contributed by atoms with Crippen molar-refractivity contribution in [1.29, 1.82) is 0 Å². The van der Waals surface area contributed by atoms with E-state index in [0.717, 1.165) is 22.1 Å². The van der Waals surface area contributed by atoms with Gasteiger partial charge in [0.15, 0.2) is 5.75 Å². The lowest BCUT2D eigenvalue weighted by atomic mass is 10.0. The van der Waals surface area contributed by atoms with Crippen molar-refractivity contribution in [3.05, 3.63) is 94.3 Å². The average molecular weight is 661 g/mol. The average Bonchev–Trinajstić information content (AvgIpc) is 3.42. The van der Waals surface area contributed by atoms with Crippen molar-refractivity contribution in [1.82, 2.24) is 4.72 Å². The number of nitrogens with one attached hydrogen (secondary N) is 1. The van der Waals surface area contributed by atoms with E-state index >= 15 is 0 Å².